The van der Waals surface area contributed by atoms with E-state index >= 15 is 0 Å². The van der Waals surface area contributed by atoms with Gasteiger partial charge in [-0.25, -0.2) is 0 Å². The second-order valence-corrected chi connectivity index (χ2v) is 7.12. The molecule has 1 aliphatic heterocycles. The zero-order valence-corrected chi connectivity index (χ0v) is 16.6. The first-order valence-electron chi connectivity index (χ1n) is 9.74. The second kappa shape index (κ2) is 9.23. The molecule has 1 unspecified atom stereocenters. The van der Waals surface area contributed by atoms with Crippen molar-refractivity contribution in [2.24, 2.45) is 21.5 Å². The normalized spacial score (nSPS) is 16.0. The van der Waals surface area contributed by atoms with Crippen LogP contribution in [0.25, 0.3) is 0 Å². The zero-order valence-electron chi connectivity index (χ0n) is 16.6. The van der Waals surface area contributed by atoms with Crippen LogP contribution in [0, 0.1) is 0 Å². The highest BCUT2D eigenvalue weighted by atomic mass is 16.3. The Bertz CT molecular complexity index is 917. The van der Waals surface area contributed by atoms with E-state index in [4.69, 9.17) is 16.5 Å². The summed E-state index contributed by atoms with van der Waals surface area (Å²) in [6.45, 7) is 3.06. The van der Waals surface area contributed by atoms with E-state index in [-0.39, 0.29) is 17.6 Å². The van der Waals surface area contributed by atoms with Gasteiger partial charge in [0.15, 0.2) is 5.96 Å². The van der Waals surface area contributed by atoms with E-state index in [1.54, 1.807) is 12.1 Å². The molecule has 152 valence electrons. The number of para-hydroxylation sites is 1. The SMILES string of the molecule is CC1=NC(Cc2ccc(O)cc2)C(=O)N(CCCCN=C(N)N)c2ccccc21. The average Bonchev–Trinajstić information content (AvgIpc) is 2.79. The van der Waals surface area contributed by atoms with E-state index in [1.807, 2.05) is 48.2 Å². The van der Waals surface area contributed by atoms with E-state index in [9.17, 15) is 9.90 Å². The number of unbranched alkanes of at least 4 members (excludes halogenated alkanes) is 1. The van der Waals surface area contributed by atoms with Gasteiger partial charge in [0.05, 0.1) is 5.69 Å². The summed E-state index contributed by atoms with van der Waals surface area (Å²) >= 11 is 0. The van der Waals surface area contributed by atoms with Crippen LogP contribution in [0.2, 0.25) is 0 Å². The van der Waals surface area contributed by atoms with Crippen LogP contribution in [-0.4, -0.2) is 41.8 Å². The summed E-state index contributed by atoms with van der Waals surface area (Å²) in [6.07, 6.45) is 2.04. The molecular weight excluding hydrogens is 366 g/mol. The van der Waals surface area contributed by atoms with Crippen molar-refractivity contribution < 1.29 is 9.90 Å². The summed E-state index contributed by atoms with van der Waals surface area (Å²) < 4.78 is 0. The van der Waals surface area contributed by atoms with Crippen molar-refractivity contribution in [2.45, 2.75) is 32.2 Å². The molecule has 1 aliphatic rings. The van der Waals surface area contributed by atoms with Gasteiger partial charge in [0.1, 0.15) is 11.8 Å². The molecule has 2 aromatic carbocycles. The van der Waals surface area contributed by atoms with Gasteiger partial charge in [0.25, 0.3) is 5.91 Å². The van der Waals surface area contributed by atoms with Crippen LogP contribution < -0.4 is 16.4 Å². The molecule has 3 rings (SSSR count). The van der Waals surface area contributed by atoms with Gasteiger partial charge in [0, 0.05) is 30.8 Å². The number of carbonyl (C=O) groups is 1. The van der Waals surface area contributed by atoms with Crippen LogP contribution in [0.5, 0.6) is 5.75 Å². The maximum atomic E-state index is 13.4. The molecule has 0 saturated carbocycles. The molecule has 0 bridgehead atoms. The first kappa shape index (κ1) is 20.4. The van der Waals surface area contributed by atoms with Crippen LogP contribution in [0.1, 0.15) is 30.9 Å². The summed E-state index contributed by atoms with van der Waals surface area (Å²) in [4.78, 5) is 24.0. The average molecular weight is 393 g/mol. The third kappa shape index (κ3) is 5.13. The lowest BCUT2D eigenvalue weighted by Crippen LogP contribution is -2.39. The van der Waals surface area contributed by atoms with Gasteiger partial charge in [-0.3, -0.25) is 14.8 Å². The van der Waals surface area contributed by atoms with Crippen LogP contribution in [0.15, 0.2) is 58.5 Å². The van der Waals surface area contributed by atoms with Crippen molar-refractivity contribution in [3.8, 4) is 5.75 Å². The van der Waals surface area contributed by atoms with E-state index in [1.165, 1.54) is 0 Å². The minimum atomic E-state index is -0.510. The second-order valence-electron chi connectivity index (χ2n) is 7.12. The Morgan fingerprint density at radius 3 is 2.59 bits per heavy atom. The van der Waals surface area contributed by atoms with Gasteiger partial charge in [-0.1, -0.05) is 30.3 Å². The molecule has 7 nitrogen and oxygen atoms in total. The van der Waals surface area contributed by atoms with Crippen molar-refractivity contribution in [1.29, 1.82) is 0 Å². The molecule has 0 spiro atoms. The number of aliphatic imine (C=N–C) groups is 2. The molecule has 1 amide bonds. The number of guanidine groups is 1. The van der Waals surface area contributed by atoms with Crippen LogP contribution in [0.3, 0.4) is 0 Å². The molecule has 0 aromatic heterocycles. The number of phenols is 1. The number of nitrogens with two attached hydrogens (primary N) is 2. The van der Waals surface area contributed by atoms with Gasteiger partial charge in [-0.2, -0.15) is 0 Å². The lowest BCUT2D eigenvalue weighted by molar-refractivity contribution is -0.119. The quantitative estimate of drug-likeness (QED) is 0.380. The molecule has 5 N–H and O–H groups in total. The Labute approximate surface area is 170 Å². The summed E-state index contributed by atoms with van der Waals surface area (Å²) in [5.74, 6) is 0.263. The first-order valence-corrected chi connectivity index (χ1v) is 9.74. The number of benzodiazepines with no additional fused rings is 1. The fourth-order valence-electron chi connectivity index (χ4n) is 3.48. The number of amides is 1. The molecule has 0 aliphatic carbocycles. The minimum absolute atomic E-state index is 0.0239. The molecule has 0 saturated heterocycles. The zero-order chi connectivity index (χ0) is 20.8. The van der Waals surface area contributed by atoms with Crippen molar-refractivity contribution in [3.63, 3.8) is 0 Å². The highest BCUT2D eigenvalue weighted by Gasteiger charge is 2.30. The lowest BCUT2D eigenvalue weighted by atomic mass is 10.0. The predicted octanol–water partition coefficient (Wildman–Crippen LogP) is 2.21. The number of carbonyl (C=O) groups excluding carboxylic acids is 1. The van der Waals surface area contributed by atoms with Gasteiger partial charge in [-0.15, -0.1) is 0 Å². The van der Waals surface area contributed by atoms with Crippen LogP contribution in [0.4, 0.5) is 5.69 Å². The monoisotopic (exact) mass is 393 g/mol. The van der Waals surface area contributed by atoms with Gasteiger partial charge in [-0.05, 0) is 43.5 Å². The van der Waals surface area contributed by atoms with E-state index in [2.05, 4.69) is 4.99 Å². The number of aromatic hydroxyl groups is 1. The molecule has 1 atom stereocenters. The Kier molecular flexibility index (Phi) is 6.49. The Morgan fingerprint density at radius 1 is 1.14 bits per heavy atom. The topological polar surface area (TPSA) is 117 Å². The molecular formula is C22H27N5O2. The van der Waals surface area contributed by atoms with Crippen molar-refractivity contribution in [2.75, 3.05) is 18.0 Å². The predicted molar refractivity (Wildman–Crippen MR) is 117 cm³/mol. The van der Waals surface area contributed by atoms with Crippen LogP contribution >= 0.6 is 0 Å². The Morgan fingerprint density at radius 2 is 1.86 bits per heavy atom. The summed E-state index contributed by atoms with van der Waals surface area (Å²) in [7, 11) is 0. The van der Waals surface area contributed by atoms with Crippen LogP contribution in [-0.2, 0) is 11.2 Å². The standard InChI is InChI=1S/C22H27N5O2/c1-15-18-6-2-3-7-20(18)27(13-5-4-12-25-22(23)24)21(29)19(26-15)14-16-8-10-17(28)11-9-16/h2-3,6-11,19,28H,4-5,12-14H2,1H3,(H4,23,24,25). The van der Waals surface area contributed by atoms with E-state index in [0.29, 0.717) is 19.5 Å². The van der Waals surface area contributed by atoms with E-state index < -0.39 is 6.04 Å². The maximum Gasteiger partial charge on any atom is 0.252 e. The van der Waals surface area contributed by atoms with Crippen molar-refractivity contribution >= 4 is 23.3 Å². The number of anilines is 1. The number of hydrogen-bond acceptors (Lipinski definition) is 4. The highest BCUT2D eigenvalue weighted by molar-refractivity contribution is 6.11. The third-order valence-corrected chi connectivity index (χ3v) is 4.93. The number of benzene rings is 2. The fraction of sp³-hybridized carbons (Fsp3) is 0.318. The maximum absolute atomic E-state index is 13.4. The molecule has 0 fully saturated rings. The largest absolute Gasteiger partial charge is 0.508 e. The molecule has 1 heterocycles. The first-order chi connectivity index (χ1) is 14.0. The number of rotatable bonds is 7. The van der Waals surface area contributed by atoms with E-state index in [0.717, 1.165) is 35.4 Å². The number of phenolic OH excluding ortho intramolecular Hbond substituents is 1. The highest BCUT2D eigenvalue weighted by Crippen LogP contribution is 2.27. The summed E-state index contributed by atoms with van der Waals surface area (Å²) in [5.41, 5.74) is 14.4. The van der Waals surface area contributed by atoms with Crippen molar-refractivity contribution in [1.82, 2.24) is 0 Å². The molecule has 2 aromatic rings. The van der Waals surface area contributed by atoms with Gasteiger partial charge < -0.3 is 21.5 Å². The minimum Gasteiger partial charge on any atom is -0.508 e. The van der Waals surface area contributed by atoms with Crippen molar-refractivity contribution in [3.05, 3.63) is 59.7 Å². The molecule has 7 heteroatoms. The molecule has 0 radical (unpaired) electrons. The van der Waals surface area contributed by atoms with Gasteiger partial charge in [0.2, 0.25) is 0 Å². The smallest absolute Gasteiger partial charge is 0.252 e. The Balaban J connectivity index is 1.83. The van der Waals surface area contributed by atoms with Gasteiger partial charge >= 0.3 is 0 Å². The Hall–Kier alpha value is -3.35. The lowest BCUT2D eigenvalue weighted by Gasteiger charge is -2.25. The molecule has 29 heavy (non-hydrogen) atoms. The number of nitrogens with zero attached hydrogens (tertiary/aromatic N) is 3. The summed E-state index contributed by atoms with van der Waals surface area (Å²) in [6, 6.07) is 14.3. The number of fused-ring (bicyclic) bond motifs is 1. The third-order valence-electron chi connectivity index (χ3n) is 4.93. The fourth-order valence-corrected chi connectivity index (χ4v) is 3.48. The number of hydrogen-bond donors (Lipinski definition) is 3. The summed E-state index contributed by atoms with van der Waals surface area (Å²) in [5, 5.41) is 9.51.